The highest BCUT2D eigenvalue weighted by atomic mass is 16.5. The molecule has 1 fully saturated rings. The predicted molar refractivity (Wildman–Crippen MR) is 118 cm³/mol. The number of pyridine rings is 1. The molecule has 1 aromatic carbocycles. The third-order valence-electron chi connectivity index (χ3n) is 5.53. The maximum atomic E-state index is 12.9. The number of carbonyl (C=O) groups excluding carboxylic acids is 1. The minimum atomic E-state index is -0.183. The fourth-order valence-corrected chi connectivity index (χ4v) is 3.97. The van der Waals surface area contributed by atoms with Gasteiger partial charge in [-0.25, -0.2) is 4.98 Å². The lowest BCUT2D eigenvalue weighted by Gasteiger charge is -2.27. The van der Waals surface area contributed by atoms with Gasteiger partial charge in [0, 0.05) is 38.0 Å². The molecule has 0 saturated carbocycles. The van der Waals surface area contributed by atoms with Gasteiger partial charge in [-0.1, -0.05) is 23.4 Å². The SMILES string of the molecule is COc1cccc2ccc(CN3CC(=O)N(C(C)C)CC(OCc4noc(C)n4)C3)nc12. The lowest BCUT2D eigenvalue weighted by molar-refractivity contribution is -0.133. The number of nitrogens with zero attached hydrogens (tertiary/aromatic N) is 5. The zero-order valence-corrected chi connectivity index (χ0v) is 18.9. The number of amides is 1. The summed E-state index contributed by atoms with van der Waals surface area (Å²) >= 11 is 0. The summed E-state index contributed by atoms with van der Waals surface area (Å²) in [6, 6.07) is 9.97. The zero-order valence-electron chi connectivity index (χ0n) is 18.9. The molecular weight excluding hydrogens is 410 g/mol. The van der Waals surface area contributed by atoms with E-state index in [1.807, 2.05) is 49.1 Å². The van der Waals surface area contributed by atoms with Gasteiger partial charge >= 0.3 is 0 Å². The van der Waals surface area contributed by atoms with Crippen molar-refractivity contribution in [2.24, 2.45) is 0 Å². The van der Waals surface area contributed by atoms with Crippen LogP contribution in [-0.2, 0) is 22.7 Å². The Morgan fingerprint density at radius 2 is 2.03 bits per heavy atom. The maximum Gasteiger partial charge on any atom is 0.237 e. The summed E-state index contributed by atoms with van der Waals surface area (Å²) in [5.41, 5.74) is 1.69. The molecule has 9 nitrogen and oxygen atoms in total. The Kier molecular flexibility index (Phi) is 6.66. The van der Waals surface area contributed by atoms with E-state index >= 15 is 0 Å². The minimum absolute atomic E-state index is 0.0832. The summed E-state index contributed by atoms with van der Waals surface area (Å²) in [5, 5.41) is 4.91. The first-order valence-electron chi connectivity index (χ1n) is 10.8. The molecule has 0 N–H and O–H groups in total. The average molecular weight is 440 g/mol. The van der Waals surface area contributed by atoms with E-state index in [0.29, 0.717) is 37.9 Å². The highest BCUT2D eigenvalue weighted by Gasteiger charge is 2.30. The molecule has 1 aliphatic heterocycles. The van der Waals surface area contributed by atoms with Crippen molar-refractivity contribution in [2.75, 3.05) is 26.7 Å². The first-order valence-corrected chi connectivity index (χ1v) is 10.8. The van der Waals surface area contributed by atoms with Crippen LogP contribution in [0, 0.1) is 6.92 Å². The van der Waals surface area contributed by atoms with Crippen LogP contribution in [0.15, 0.2) is 34.9 Å². The van der Waals surface area contributed by atoms with Crippen LogP contribution in [0.5, 0.6) is 5.75 Å². The molecule has 9 heteroatoms. The van der Waals surface area contributed by atoms with E-state index in [4.69, 9.17) is 19.0 Å². The van der Waals surface area contributed by atoms with Crippen molar-refractivity contribution in [1.82, 2.24) is 24.9 Å². The van der Waals surface area contributed by atoms with Crippen LogP contribution < -0.4 is 4.74 Å². The van der Waals surface area contributed by atoms with Crippen LogP contribution in [0.3, 0.4) is 0 Å². The van der Waals surface area contributed by atoms with E-state index in [1.165, 1.54) is 0 Å². The van der Waals surface area contributed by atoms with Gasteiger partial charge < -0.3 is 18.9 Å². The molecule has 1 unspecified atom stereocenters. The molecule has 2 aromatic heterocycles. The number of carbonyl (C=O) groups is 1. The second kappa shape index (κ2) is 9.62. The van der Waals surface area contributed by atoms with Gasteiger partial charge in [-0.3, -0.25) is 9.69 Å². The Bertz CT molecular complexity index is 1080. The van der Waals surface area contributed by atoms with Gasteiger partial charge in [0.15, 0.2) is 5.82 Å². The van der Waals surface area contributed by atoms with E-state index in [0.717, 1.165) is 22.3 Å². The predicted octanol–water partition coefficient (Wildman–Crippen LogP) is 2.57. The number of fused-ring (bicyclic) bond motifs is 1. The van der Waals surface area contributed by atoms with Crippen molar-refractivity contribution in [3.8, 4) is 5.75 Å². The van der Waals surface area contributed by atoms with Crippen LogP contribution in [0.1, 0.15) is 31.3 Å². The van der Waals surface area contributed by atoms with Crippen molar-refractivity contribution in [2.45, 2.75) is 46.1 Å². The monoisotopic (exact) mass is 439 g/mol. The Labute approximate surface area is 187 Å². The Balaban J connectivity index is 1.52. The van der Waals surface area contributed by atoms with E-state index in [1.54, 1.807) is 14.0 Å². The fourth-order valence-electron chi connectivity index (χ4n) is 3.97. The first kappa shape index (κ1) is 22.2. The van der Waals surface area contributed by atoms with Crippen molar-refractivity contribution >= 4 is 16.8 Å². The van der Waals surface area contributed by atoms with Crippen LogP contribution in [0.25, 0.3) is 10.9 Å². The second-order valence-corrected chi connectivity index (χ2v) is 8.31. The third-order valence-corrected chi connectivity index (χ3v) is 5.53. The molecule has 170 valence electrons. The summed E-state index contributed by atoms with van der Waals surface area (Å²) in [5.74, 6) is 1.82. The molecule has 3 aromatic rings. The molecule has 3 heterocycles. The largest absolute Gasteiger partial charge is 0.494 e. The summed E-state index contributed by atoms with van der Waals surface area (Å²) in [7, 11) is 1.64. The first-order chi connectivity index (χ1) is 15.4. The van der Waals surface area contributed by atoms with Gasteiger partial charge in [-0.05, 0) is 26.0 Å². The Morgan fingerprint density at radius 1 is 1.19 bits per heavy atom. The van der Waals surface area contributed by atoms with Crippen molar-refractivity contribution in [1.29, 1.82) is 0 Å². The maximum absolute atomic E-state index is 12.9. The van der Waals surface area contributed by atoms with Gasteiger partial charge in [0.2, 0.25) is 11.8 Å². The number of ether oxygens (including phenoxy) is 2. The lowest BCUT2D eigenvalue weighted by Crippen LogP contribution is -2.42. The highest BCUT2D eigenvalue weighted by molar-refractivity contribution is 5.84. The van der Waals surface area contributed by atoms with E-state index < -0.39 is 0 Å². The summed E-state index contributed by atoms with van der Waals surface area (Å²) in [4.78, 5) is 25.9. The number of benzene rings is 1. The molecule has 1 atom stereocenters. The number of para-hydroxylation sites is 1. The van der Waals surface area contributed by atoms with Gasteiger partial charge in [0.1, 0.15) is 17.9 Å². The van der Waals surface area contributed by atoms with Crippen LogP contribution >= 0.6 is 0 Å². The molecule has 1 saturated heterocycles. The standard InChI is InChI=1S/C23H29N5O4/c1-15(2)28-12-19(31-14-21-24-16(3)32-26-21)11-27(13-22(28)29)10-18-9-8-17-6-5-7-20(30-4)23(17)25-18/h5-9,15,19H,10-14H2,1-4H3. The fraction of sp³-hybridized carbons (Fsp3) is 0.478. The molecule has 4 rings (SSSR count). The molecular formula is C23H29N5O4. The summed E-state index contributed by atoms with van der Waals surface area (Å²) in [6.07, 6.45) is -0.183. The van der Waals surface area contributed by atoms with Crippen molar-refractivity contribution in [3.63, 3.8) is 0 Å². The normalized spacial score (nSPS) is 17.8. The Hall–Kier alpha value is -3.04. The zero-order chi connectivity index (χ0) is 22.7. The van der Waals surface area contributed by atoms with Crippen LogP contribution in [0.4, 0.5) is 0 Å². The quantitative estimate of drug-likeness (QED) is 0.555. The topological polar surface area (TPSA) is 93.8 Å². The molecule has 1 amide bonds. The molecule has 0 radical (unpaired) electrons. The Morgan fingerprint density at radius 3 is 2.75 bits per heavy atom. The number of rotatable bonds is 7. The van der Waals surface area contributed by atoms with Gasteiger partial charge in [0.05, 0.1) is 25.5 Å². The number of aryl methyl sites for hydroxylation is 1. The van der Waals surface area contributed by atoms with Crippen LogP contribution in [-0.4, -0.2) is 69.7 Å². The van der Waals surface area contributed by atoms with Gasteiger partial charge in [-0.2, -0.15) is 4.98 Å². The van der Waals surface area contributed by atoms with E-state index in [9.17, 15) is 4.79 Å². The number of hydrogen-bond donors (Lipinski definition) is 0. The molecule has 0 aliphatic carbocycles. The van der Waals surface area contributed by atoms with Gasteiger partial charge in [-0.15, -0.1) is 0 Å². The van der Waals surface area contributed by atoms with E-state index in [2.05, 4.69) is 15.0 Å². The lowest BCUT2D eigenvalue weighted by atomic mass is 10.2. The van der Waals surface area contributed by atoms with E-state index in [-0.39, 0.29) is 24.7 Å². The molecule has 32 heavy (non-hydrogen) atoms. The molecule has 0 bridgehead atoms. The second-order valence-electron chi connectivity index (χ2n) is 8.31. The number of hydrogen-bond acceptors (Lipinski definition) is 8. The smallest absolute Gasteiger partial charge is 0.237 e. The third kappa shape index (κ3) is 5.05. The number of aromatic nitrogens is 3. The number of methoxy groups -OCH3 is 1. The molecule has 0 spiro atoms. The summed E-state index contributed by atoms with van der Waals surface area (Å²) < 4.78 is 16.6. The van der Waals surface area contributed by atoms with Crippen molar-refractivity contribution < 1.29 is 18.8 Å². The van der Waals surface area contributed by atoms with Crippen molar-refractivity contribution in [3.05, 3.63) is 47.7 Å². The summed E-state index contributed by atoms with van der Waals surface area (Å²) in [6.45, 7) is 7.97. The average Bonchev–Trinajstić information content (AvgIpc) is 3.12. The molecule has 1 aliphatic rings. The minimum Gasteiger partial charge on any atom is -0.494 e. The highest BCUT2D eigenvalue weighted by Crippen LogP contribution is 2.24. The van der Waals surface area contributed by atoms with Gasteiger partial charge in [0.25, 0.3) is 0 Å². The van der Waals surface area contributed by atoms with Crippen LogP contribution in [0.2, 0.25) is 0 Å².